The molecule has 14 heteroatoms. The fraction of sp³-hybridized carbons (Fsp3) is 0.500. The number of benzene rings is 1. The quantitative estimate of drug-likeness (QED) is 0.574. The molecule has 1 aliphatic rings. The van der Waals surface area contributed by atoms with Crippen LogP contribution in [0.4, 0.5) is 31.5 Å². The van der Waals surface area contributed by atoms with Crippen molar-refractivity contribution in [3.05, 3.63) is 34.8 Å². The lowest BCUT2D eigenvalue weighted by molar-refractivity contribution is -0.138. The molecule has 32 heavy (non-hydrogen) atoms. The van der Waals surface area contributed by atoms with Gasteiger partial charge in [-0.25, -0.2) is 8.42 Å². The van der Waals surface area contributed by atoms with Crippen LogP contribution >= 0.6 is 11.3 Å². The summed E-state index contributed by atoms with van der Waals surface area (Å²) in [4.78, 5) is 13.1. The van der Waals surface area contributed by atoms with Gasteiger partial charge in [0, 0.05) is 13.0 Å². The zero-order valence-electron chi connectivity index (χ0n) is 16.7. The van der Waals surface area contributed by atoms with E-state index in [0.29, 0.717) is 6.07 Å². The SMILES string of the molecule is CC(C)([C@H]1CCN(c2nnc(C(F)(F)F)s2)C(=O)C1)S(=O)(=O)c1cccc(C(F)(F)F)c1. The molecule has 176 valence electrons. The lowest BCUT2D eigenvalue weighted by atomic mass is 9.85. The number of nitrogens with zero attached hydrogens (tertiary/aromatic N) is 3. The number of anilines is 1. The van der Waals surface area contributed by atoms with Crippen molar-refractivity contribution >= 4 is 32.2 Å². The molecule has 1 fully saturated rings. The van der Waals surface area contributed by atoms with Crippen LogP contribution in [0.15, 0.2) is 29.2 Å². The number of piperidine rings is 1. The molecular formula is C18H17F6N3O3S2. The fourth-order valence-electron chi connectivity index (χ4n) is 3.43. The molecule has 1 aromatic heterocycles. The van der Waals surface area contributed by atoms with E-state index in [1.54, 1.807) is 0 Å². The number of aromatic nitrogens is 2. The highest BCUT2D eigenvalue weighted by atomic mass is 32.2. The number of amides is 1. The summed E-state index contributed by atoms with van der Waals surface area (Å²) in [6, 6.07) is 3.36. The zero-order chi connectivity index (χ0) is 24.1. The van der Waals surface area contributed by atoms with Gasteiger partial charge in [-0.3, -0.25) is 9.69 Å². The maximum Gasteiger partial charge on any atom is 0.445 e. The number of hydrogen-bond donors (Lipinski definition) is 0. The van der Waals surface area contributed by atoms with Crippen LogP contribution < -0.4 is 4.90 Å². The molecule has 2 aromatic rings. The summed E-state index contributed by atoms with van der Waals surface area (Å²) in [5.74, 6) is -1.42. The average Bonchev–Trinajstić information content (AvgIpc) is 3.17. The molecule has 0 unspecified atom stereocenters. The van der Waals surface area contributed by atoms with Gasteiger partial charge in [-0.1, -0.05) is 17.4 Å². The highest BCUT2D eigenvalue weighted by Gasteiger charge is 2.47. The Labute approximate surface area is 183 Å². The van der Waals surface area contributed by atoms with Crippen LogP contribution in [-0.4, -0.2) is 35.8 Å². The van der Waals surface area contributed by atoms with E-state index in [9.17, 15) is 39.6 Å². The van der Waals surface area contributed by atoms with Gasteiger partial charge in [0.15, 0.2) is 9.84 Å². The molecule has 1 aliphatic heterocycles. The highest BCUT2D eigenvalue weighted by molar-refractivity contribution is 7.92. The Hall–Kier alpha value is -2.22. The molecule has 0 radical (unpaired) electrons. The van der Waals surface area contributed by atoms with Gasteiger partial charge >= 0.3 is 12.4 Å². The normalized spacial score (nSPS) is 18.8. The first-order chi connectivity index (χ1) is 14.5. The fourth-order valence-corrected chi connectivity index (χ4v) is 5.97. The summed E-state index contributed by atoms with van der Waals surface area (Å²) in [6.45, 7) is 2.54. The van der Waals surface area contributed by atoms with E-state index in [4.69, 9.17) is 0 Å². The summed E-state index contributed by atoms with van der Waals surface area (Å²) < 4.78 is 102. The summed E-state index contributed by atoms with van der Waals surface area (Å²) in [7, 11) is -4.29. The standard InChI is InChI=1S/C18H17F6N3O3S2/c1-16(2,32(29,30)12-5-3-4-11(8-12)17(19,20)21)10-6-7-27(13(28)9-10)15-26-25-14(31-15)18(22,23)24/h3-5,8,10H,6-7,9H2,1-2H3/t10-/m0/s1. The van der Waals surface area contributed by atoms with Crippen molar-refractivity contribution in [1.29, 1.82) is 0 Å². The van der Waals surface area contributed by atoms with Crippen molar-refractivity contribution in [3.63, 3.8) is 0 Å². The minimum atomic E-state index is -4.73. The van der Waals surface area contributed by atoms with Gasteiger partial charge in [0.2, 0.25) is 16.0 Å². The molecule has 6 nitrogen and oxygen atoms in total. The maximum atomic E-state index is 13.2. The molecule has 0 spiro atoms. The number of halogens is 6. The third-order valence-electron chi connectivity index (χ3n) is 5.46. The van der Waals surface area contributed by atoms with Gasteiger partial charge in [-0.15, -0.1) is 10.2 Å². The molecule has 0 aliphatic carbocycles. The van der Waals surface area contributed by atoms with E-state index in [-0.39, 0.29) is 35.9 Å². The number of alkyl halides is 6. The monoisotopic (exact) mass is 501 g/mol. The molecule has 0 bridgehead atoms. The molecular weight excluding hydrogens is 484 g/mol. The molecule has 0 saturated carbocycles. The van der Waals surface area contributed by atoms with Crippen molar-refractivity contribution in [3.8, 4) is 0 Å². The minimum absolute atomic E-state index is 0.0951. The van der Waals surface area contributed by atoms with Crippen LogP contribution in [0.1, 0.15) is 37.3 Å². The second-order valence-electron chi connectivity index (χ2n) is 7.76. The molecule has 2 heterocycles. The van der Waals surface area contributed by atoms with Gasteiger partial charge < -0.3 is 0 Å². The van der Waals surface area contributed by atoms with Gasteiger partial charge in [0.05, 0.1) is 15.2 Å². The zero-order valence-corrected chi connectivity index (χ0v) is 18.3. The van der Waals surface area contributed by atoms with Crippen LogP contribution in [0, 0.1) is 5.92 Å². The maximum absolute atomic E-state index is 13.2. The summed E-state index contributed by atoms with van der Waals surface area (Å²) in [6.07, 6.45) is -9.67. The van der Waals surface area contributed by atoms with Crippen molar-refractivity contribution in [2.24, 2.45) is 5.92 Å². The first kappa shape index (κ1) is 24.4. The van der Waals surface area contributed by atoms with E-state index < -0.39 is 54.2 Å². The first-order valence-electron chi connectivity index (χ1n) is 9.18. The number of hydrogen-bond acceptors (Lipinski definition) is 6. The van der Waals surface area contributed by atoms with Crippen molar-refractivity contribution in [1.82, 2.24) is 10.2 Å². The molecule has 0 N–H and O–H groups in total. The molecule has 3 rings (SSSR count). The largest absolute Gasteiger partial charge is 0.445 e. The number of sulfone groups is 1. The Morgan fingerprint density at radius 2 is 1.72 bits per heavy atom. The van der Waals surface area contributed by atoms with Crippen LogP contribution in [0.5, 0.6) is 0 Å². The minimum Gasteiger partial charge on any atom is -0.287 e. The number of carbonyl (C=O) groups is 1. The summed E-state index contributed by atoms with van der Waals surface area (Å²) in [5.41, 5.74) is -1.11. The van der Waals surface area contributed by atoms with Gasteiger partial charge in [0.25, 0.3) is 0 Å². The van der Waals surface area contributed by atoms with E-state index >= 15 is 0 Å². The predicted octanol–water partition coefficient (Wildman–Crippen LogP) is 4.57. The summed E-state index contributed by atoms with van der Waals surface area (Å²) in [5, 5.41) is 4.97. The van der Waals surface area contributed by atoms with Crippen molar-refractivity contribution in [2.75, 3.05) is 11.4 Å². The topological polar surface area (TPSA) is 80.2 Å². The predicted molar refractivity (Wildman–Crippen MR) is 103 cm³/mol. The Morgan fingerprint density at radius 1 is 1.06 bits per heavy atom. The Bertz CT molecular complexity index is 1130. The van der Waals surface area contributed by atoms with E-state index in [0.717, 1.165) is 23.1 Å². The van der Waals surface area contributed by atoms with Crippen LogP contribution in [0.2, 0.25) is 0 Å². The van der Waals surface area contributed by atoms with Crippen LogP contribution in [0.25, 0.3) is 0 Å². The molecule has 1 atom stereocenters. The van der Waals surface area contributed by atoms with Crippen molar-refractivity contribution in [2.45, 2.75) is 48.7 Å². The number of carbonyl (C=O) groups excluding carboxylic acids is 1. The molecule has 1 aromatic carbocycles. The van der Waals surface area contributed by atoms with E-state index in [1.165, 1.54) is 13.8 Å². The van der Waals surface area contributed by atoms with Gasteiger partial charge in [-0.05, 0) is 44.4 Å². The second-order valence-corrected chi connectivity index (χ2v) is 11.2. The van der Waals surface area contributed by atoms with Gasteiger partial charge in [0.1, 0.15) is 0 Å². The Balaban J connectivity index is 1.83. The second kappa shape index (κ2) is 7.97. The highest BCUT2D eigenvalue weighted by Crippen LogP contribution is 2.41. The van der Waals surface area contributed by atoms with Crippen LogP contribution in [-0.2, 0) is 27.0 Å². The van der Waals surface area contributed by atoms with Crippen LogP contribution in [0.3, 0.4) is 0 Å². The van der Waals surface area contributed by atoms with Crippen molar-refractivity contribution < 1.29 is 39.6 Å². The smallest absolute Gasteiger partial charge is 0.287 e. The first-order valence-corrected chi connectivity index (χ1v) is 11.5. The Kier molecular flexibility index (Phi) is 6.09. The lowest BCUT2D eigenvalue weighted by Gasteiger charge is -2.38. The Morgan fingerprint density at radius 3 is 2.25 bits per heavy atom. The van der Waals surface area contributed by atoms with Gasteiger partial charge in [-0.2, -0.15) is 26.3 Å². The average molecular weight is 501 g/mol. The number of rotatable bonds is 4. The third-order valence-corrected chi connectivity index (χ3v) is 9.04. The molecule has 1 amide bonds. The summed E-state index contributed by atoms with van der Waals surface area (Å²) >= 11 is 0.198. The molecule has 1 saturated heterocycles. The van der Waals surface area contributed by atoms with E-state index in [1.807, 2.05) is 0 Å². The third kappa shape index (κ3) is 4.47. The van der Waals surface area contributed by atoms with E-state index in [2.05, 4.69) is 10.2 Å². The lowest BCUT2D eigenvalue weighted by Crippen LogP contribution is -2.48.